The summed E-state index contributed by atoms with van der Waals surface area (Å²) in [6, 6.07) is 5.33. The molecule has 4 nitrogen and oxygen atoms in total. The normalized spacial score (nSPS) is 16.3. The summed E-state index contributed by atoms with van der Waals surface area (Å²) in [5.41, 5.74) is -0.122. The topological polar surface area (TPSA) is 48.3 Å². The number of rotatable bonds is 4. The number of ether oxygens (including phenoxy) is 1. The van der Waals surface area contributed by atoms with E-state index >= 15 is 0 Å². The summed E-state index contributed by atoms with van der Waals surface area (Å²) in [4.78, 5) is 2.10. The lowest BCUT2D eigenvalue weighted by atomic mass is 9.98. The van der Waals surface area contributed by atoms with E-state index < -0.39 is 11.7 Å². The molecule has 2 rings (SSSR count). The Kier molecular flexibility index (Phi) is 9.45. The largest absolute Gasteiger partial charge is 0.496 e. The van der Waals surface area contributed by atoms with Crippen molar-refractivity contribution in [3.63, 3.8) is 0 Å². The van der Waals surface area contributed by atoms with Crippen LogP contribution in [0.25, 0.3) is 0 Å². The van der Waals surface area contributed by atoms with Gasteiger partial charge >= 0.3 is 6.18 Å². The fourth-order valence-electron chi connectivity index (χ4n) is 2.68. The first-order valence-corrected chi connectivity index (χ1v) is 7.04. The number of nitrogens with zero attached hydrogens (tertiary/aromatic N) is 2. The molecule has 1 aliphatic heterocycles. The van der Waals surface area contributed by atoms with Crippen LogP contribution in [0.5, 0.6) is 5.75 Å². The van der Waals surface area contributed by atoms with Crippen LogP contribution in [0.4, 0.5) is 13.2 Å². The average Bonchev–Trinajstić information content (AvgIpc) is 2.52. The molecule has 0 aliphatic carbocycles. The molecule has 1 aliphatic rings. The molecule has 1 fully saturated rings. The minimum absolute atomic E-state index is 0. The predicted molar refractivity (Wildman–Crippen MR) is 89.9 cm³/mol. The minimum Gasteiger partial charge on any atom is -0.496 e. The number of piperazine rings is 1. The van der Waals surface area contributed by atoms with Crippen molar-refractivity contribution < 1.29 is 17.9 Å². The van der Waals surface area contributed by atoms with Gasteiger partial charge in [0.05, 0.1) is 31.2 Å². The molecule has 0 spiro atoms. The third-order valence-corrected chi connectivity index (χ3v) is 3.80. The third-order valence-electron chi connectivity index (χ3n) is 3.80. The van der Waals surface area contributed by atoms with Gasteiger partial charge in [-0.3, -0.25) is 4.90 Å². The lowest BCUT2D eigenvalue weighted by molar-refractivity contribution is -0.137. The van der Waals surface area contributed by atoms with E-state index in [1.165, 1.54) is 13.2 Å². The Balaban J connectivity index is 0.00000264. The van der Waals surface area contributed by atoms with Gasteiger partial charge in [0.2, 0.25) is 0 Å². The van der Waals surface area contributed by atoms with E-state index in [0.717, 1.165) is 38.3 Å². The SMILES string of the molecule is COc1cc(C(F)(F)F)ccc1[C@H](CC#N)N1CCNCC1.Cl.Cl. The molecule has 0 bridgehead atoms. The number of nitrogens with one attached hydrogen (secondary N) is 1. The maximum atomic E-state index is 12.8. The second-order valence-electron chi connectivity index (χ2n) is 5.12. The summed E-state index contributed by atoms with van der Waals surface area (Å²) >= 11 is 0. The molecule has 0 aromatic heterocycles. The molecule has 9 heteroatoms. The Hall–Kier alpha value is -1.20. The van der Waals surface area contributed by atoms with Crippen LogP contribution < -0.4 is 10.1 Å². The summed E-state index contributed by atoms with van der Waals surface area (Å²) in [5, 5.41) is 12.3. The smallest absolute Gasteiger partial charge is 0.416 e. The first-order chi connectivity index (χ1) is 10.5. The van der Waals surface area contributed by atoms with Crippen LogP contribution in [0.3, 0.4) is 0 Å². The highest BCUT2D eigenvalue weighted by molar-refractivity contribution is 5.85. The number of hydrogen-bond donors (Lipinski definition) is 1. The van der Waals surface area contributed by atoms with E-state index in [9.17, 15) is 13.2 Å². The van der Waals surface area contributed by atoms with E-state index in [1.807, 2.05) is 0 Å². The Labute approximate surface area is 151 Å². The fourth-order valence-corrected chi connectivity index (χ4v) is 2.68. The number of methoxy groups -OCH3 is 1. The van der Waals surface area contributed by atoms with Crippen molar-refractivity contribution in [2.24, 2.45) is 0 Å². The minimum atomic E-state index is -4.41. The van der Waals surface area contributed by atoms with Gasteiger partial charge in [-0.1, -0.05) is 6.07 Å². The molecule has 0 radical (unpaired) electrons. The van der Waals surface area contributed by atoms with Crippen LogP contribution in [0.2, 0.25) is 0 Å². The fraction of sp³-hybridized carbons (Fsp3) is 0.533. The number of alkyl halides is 3. The van der Waals surface area contributed by atoms with Gasteiger partial charge in [-0.2, -0.15) is 18.4 Å². The van der Waals surface area contributed by atoms with E-state index in [0.29, 0.717) is 5.56 Å². The number of hydrogen-bond acceptors (Lipinski definition) is 4. The highest BCUT2D eigenvalue weighted by atomic mass is 35.5. The van der Waals surface area contributed by atoms with Crippen LogP contribution in [-0.2, 0) is 6.18 Å². The summed E-state index contributed by atoms with van der Waals surface area (Å²) in [6.07, 6.45) is -4.20. The zero-order valence-electron chi connectivity index (χ0n) is 13.1. The summed E-state index contributed by atoms with van der Waals surface area (Å²) in [5.74, 6) is 0.175. The first kappa shape index (κ1) is 22.8. The van der Waals surface area contributed by atoms with Crippen molar-refractivity contribution in [1.29, 1.82) is 5.26 Å². The van der Waals surface area contributed by atoms with Gasteiger partial charge in [0.1, 0.15) is 5.75 Å². The second kappa shape index (κ2) is 9.94. The van der Waals surface area contributed by atoms with Crippen molar-refractivity contribution in [1.82, 2.24) is 10.2 Å². The van der Waals surface area contributed by atoms with Crippen molar-refractivity contribution in [2.75, 3.05) is 33.3 Å². The number of nitriles is 1. The molecule has 1 N–H and O–H groups in total. The van der Waals surface area contributed by atoms with Crippen LogP contribution in [0, 0.1) is 11.3 Å². The van der Waals surface area contributed by atoms with Crippen molar-refractivity contribution in [3.8, 4) is 11.8 Å². The summed E-state index contributed by atoms with van der Waals surface area (Å²) in [6.45, 7) is 3.09. The highest BCUT2D eigenvalue weighted by Crippen LogP contribution is 2.37. The summed E-state index contributed by atoms with van der Waals surface area (Å²) in [7, 11) is 1.35. The van der Waals surface area contributed by atoms with Crippen molar-refractivity contribution in [2.45, 2.75) is 18.6 Å². The zero-order valence-corrected chi connectivity index (χ0v) is 14.7. The first-order valence-electron chi connectivity index (χ1n) is 7.04. The molecule has 0 amide bonds. The van der Waals surface area contributed by atoms with Crippen LogP contribution in [0.1, 0.15) is 23.6 Å². The van der Waals surface area contributed by atoms with E-state index in [1.54, 1.807) is 0 Å². The van der Waals surface area contributed by atoms with Gasteiger partial charge in [0.15, 0.2) is 0 Å². The van der Waals surface area contributed by atoms with E-state index in [2.05, 4.69) is 16.3 Å². The Morgan fingerprint density at radius 1 is 1.29 bits per heavy atom. The van der Waals surface area contributed by atoms with Gasteiger partial charge in [0.25, 0.3) is 0 Å². The highest BCUT2D eigenvalue weighted by Gasteiger charge is 2.32. The quantitative estimate of drug-likeness (QED) is 0.862. The molecule has 1 heterocycles. The Bertz CT molecular complexity index is 558. The van der Waals surface area contributed by atoms with Gasteiger partial charge in [-0.05, 0) is 12.1 Å². The molecule has 0 unspecified atom stereocenters. The zero-order chi connectivity index (χ0) is 16.2. The third kappa shape index (κ3) is 5.42. The van der Waals surface area contributed by atoms with Crippen LogP contribution in [0.15, 0.2) is 18.2 Å². The molecule has 24 heavy (non-hydrogen) atoms. The maximum Gasteiger partial charge on any atom is 0.416 e. The van der Waals surface area contributed by atoms with Gasteiger partial charge in [-0.25, -0.2) is 0 Å². The predicted octanol–water partition coefficient (Wildman–Crippen LogP) is 3.42. The molecule has 1 atom stereocenters. The Morgan fingerprint density at radius 3 is 2.42 bits per heavy atom. The van der Waals surface area contributed by atoms with Crippen LogP contribution in [-0.4, -0.2) is 38.2 Å². The molecule has 136 valence electrons. The Morgan fingerprint density at radius 2 is 1.92 bits per heavy atom. The second-order valence-corrected chi connectivity index (χ2v) is 5.12. The monoisotopic (exact) mass is 385 g/mol. The number of halogens is 5. The number of benzene rings is 1. The van der Waals surface area contributed by atoms with Crippen molar-refractivity contribution >= 4 is 24.8 Å². The molecular weight excluding hydrogens is 366 g/mol. The standard InChI is InChI=1S/C15H18F3N3O.2ClH/c1-22-14-10-11(15(16,17)18)2-3-12(14)13(4-5-19)21-8-6-20-7-9-21;;/h2-3,10,13,20H,4,6-9H2,1H3;2*1H/t13-;;/m0../s1. The van der Waals surface area contributed by atoms with Gasteiger partial charge < -0.3 is 10.1 Å². The molecule has 0 saturated carbocycles. The van der Waals surface area contributed by atoms with E-state index in [4.69, 9.17) is 10.00 Å². The lowest BCUT2D eigenvalue weighted by Gasteiger charge is -2.34. The molecule has 1 aromatic rings. The maximum absolute atomic E-state index is 12.8. The van der Waals surface area contributed by atoms with Gasteiger partial charge in [-0.15, -0.1) is 24.8 Å². The van der Waals surface area contributed by atoms with Gasteiger partial charge in [0, 0.05) is 31.7 Å². The van der Waals surface area contributed by atoms with E-state index in [-0.39, 0.29) is 43.0 Å². The molecule has 1 aromatic carbocycles. The van der Waals surface area contributed by atoms with Crippen LogP contribution >= 0.6 is 24.8 Å². The average molecular weight is 386 g/mol. The lowest BCUT2D eigenvalue weighted by Crippen LogP contribution is -2.45. The summed E-state index contributed by atoms with van der Waals surface area (Å²) < 4.78 is 43.6. The van der Waals surface area contributed by atoms with Crippen molar-refractivity contribution in [3.05, 3.63) is 29.3 Å². The molecular formula is C15H20Cl2F3N3O. The molecule has 1 saturated heterocycles.